The Kier molecular flexibility index (Phi) is 4.79. The normalized spacial score (nSPS) is 29.4. The molecule has 2 N–H and O–H groups in total. The van der Waals surface area contributed by atoms with E-state index in [2.05, 4.69) is 17.6 Å². The molecule has 0 bridgehead atoms. The van der Waals surface area contributed by atoms with Crippen LogP contribution >= 0.6 is 0 Å². The Balaban J connectivity index is 1.67. The number of nitrogens with one attached hydrogen (secondary N) is 2. The fraction of sp³-hybridized carbons (Fsp3) is 0.526. The second kappa shape index (κ2) is 6.86. The van der Waals surface area contributed by atoms with Gasteiger partial charge in [0.25, 0.3) is 5.91 Å². The standard InChI is InChI=1S/C19H25N3O3/c1-13-8-6-7-11-15(13)20-16(23)12-22-17(24)19(2,21-18(22)25)14-9-4-3-5-10-14/h3-5,9-10,13,15H,6-8,11-12H2,1-2H3,(H,20,23)(H,21,25)/t13-,15+,19-/m1/s1. The maximum Gasteiger partial charge on any atom is 0.325 e. The third-order valence-electron chi connectivity index (χ3n) is 5.39. The van der Waals surface area contributed by atoms with Gasteiger partial charge in [0.2, 0.25) is 5.91 Å². The topological polar surface area (TPSA) is 78.5 Å². The molecule has 1 aliphatic carbocycles. The molecule has 0 spiro atoms. The SMILES string of the molecule is C[C@@H]1CCCC[C@@H]1NC(=O)CN1C(=O)N[C@](C)(c2ccccc2)C1=O. The lowest BCUT2D eigenvalue weighted by atomic mass is 9.86. The second-order valence-electron chi connectivity index (χ2n) is 7.25. The van der Waals surface area contributed by atoms with Crippen molar-refractivity contribution in [3.05, 3.63) is 35.9 Å². The van der Waals surface area contributed by atoms with Crippen molar-refractivity contribution in [1.29, 1.82) is 0 Å². The molecular weight excluding hydrogens is 318 g/mol. The zero-order valence-electron chi connectivity index (χ0n) is 14.7. The first-order valence-electron chi connectivity index (χ1n) is 8.91. The van der Waals surface area contributed by atoms with Gasteiger partial charge in [-0.3, -0.25) is 14.5 Å². The van der Waals surface area contributed by atoms with Gasteiger partial charge in [0.1, 0.15) is 12.1 Å². The van der Waals surface area contributed by atoms with Crippen LogP contribution in [-0.2, 0) is 15.1 Å². The molecule has 1 aromatic carbocycles. The van der Waals surface area contributed by atoms with Crippen molar-refractivity contribution >= 4 is 17.8 Å². The fourth-order valence-corrected chi connectivity index (χ4v) is 3.73. The number of imide groups is 1. The summed E-state index contributed by atoms with van der Waals surface area (Å²) in [7, 11) is 0. The molecule has 134 valence electrons. The molecule has 2 fully saturated rings. The average molecular weight is 343 g/mol. The van der Waals surface area contributed by atoms with Crippen LogP contribution in [0.3, 0.4) is 0 Å². The first kappa shape index (κ1) is 17.5. The Morgan fingerprint density at radius 1 is 1.24 bits per heavy atom. The van der Waals surface area contributed by atoms with Crippen LogP contribution in [-0.4, -0.2) is 35.3 Å². The summed E-state index contributed by atoms with van der Waals surface area (Å²) in [5.74, 6) is -0.245. The van der Waals surface area contributed by atoms with Crippen LogP contribution < -0.4 is 10.6 Å². The zero-order valence-corrected chi connectivity index (χ0v) is 14.7. The molecule has 1 aliphatic heterocycles. The highest BCUT2D eigenvalue weighted by Gasteiger charge is 2.49. The highest BCUT2D eigenvalue weighted by molar-refractivity contribution is 6.09. The molecule has 1 saturated carbocycles. The molecule has 3 atom stereocenters. The fourth-order valence-electron chi connectivity index (χ4n) is 3.73. The van der Waals surface area contributed by atoms with E-state index in [1.54, 1.807) is 19.1 Å². The number of amides is 4. The Morgan fingerprint density at radius 3 is 2.60 bits per heavy atom. The number of benzene rings is 1. The third-order valence-corrected chi connectivity index (χ3v) is 5.39. The van der Waals surface area contributed by atoms with Gasteiger partial charge in [-0.1, -0.05) is 50.1 Å². The lowest BCUT2D eigenvalue weighted by molar-refractivity contribution is -0.135. The summed E-state index contributed by atoms with van der Waals surface area (Å²) in [4.78, 5) is 38.4. The molecule has 0 aromatic heterocycles. The Bertz CT molecular complexity index is 676. The average Bonchev–Trinajstić information content (AvgIpc) is 2.82. The quantitative estimate of drug-likeness (QED) is 0.822. The second-order valence-corrected chi connectivity index (χ2v) is 7.25. The predicted molar refractivity (Wildman–Crippen MR) is 93.6 cm³/mol. The van der Waals surface area contributed by atoms with E-state index in [-0.39, 0.29) is 18.5 Å². The van der Waals surface area contributed by atoms with Gasteiger partial charge in [-0.2, -0.15) is 0 Å². The Labute approximate surface area is 148 Å². The molecule has 3 rings (SSSR count). The van der Waals surface area contributed by atoms with Crippen LogP contribution in [0.1, 0.15) is 45.1 Å². The Morgan fingerprint density at radius 2 is 1.92 bits per heavy atom. The molecule has 6 heteroatoms. The number of urea groups is 1. The summed E-state index contributed by atoms with van der Waals surface area (Å²) < 4.78 is 0. The van der Waals surface area contributed by atoms with Crippen LogP contribution in [0.5, 0.6) is 0 Å². The van der Waals surface area contributed by atoms with Crippen LogP contribution in [0.4, 0.5) is 4.79 Å². The number of carbonyl (C=O) groups is 3. The predicted octanol–water partition coefficient (Wildman–Crippen LogP) is 2.15. The van der Waals surface area contributed by atoms with E-state index in [1.165, 1.54) is 6.42 Å². The van der Waals surface area contributed by atoms with Crippen molar-refractivity contribution < 1.29 is 14.4 Å². The van der Waals surface area contributed by atoms with E-state index in [1.807, 2.05) is 18.2 Å². The molecule has 6 nitrogen and oxygen atoms in total. The van der Waals surface area contributed by atoms with Crippen molar-refractivity contribution in [2.75, 3.05) is 6.54 Å². The van der Waals surface area contributed by atoms with Gasteiger partial charge >= 0.3 is 6.03 Å². The van der Waals surface area contributed by atoms with E-state index in [0.717, 1.165) is 24.2 Å². The highest BCUT2D eigenvalue weighted by Crippen LogP contribution is 2.28. The smallest absolute Gasteiger partial charge is 0.325 e. The van der Waals surface area contributed by atoms with Crippen LogP contribution in [0.25, 0.3) is 0 Å². The molecule has 25 heavy (non-hydrogen) atoms. The maximum absolute atomic E-state index is 12.8. The summed E-state index contributed by atoms with van der Waals surface area (Å²) in [5.41, 5.74) is -0.423. The van der Waals surface area contributed by atoms with Gasteiger partial charge in [-0.05, 0) is 31.2 Å². The number of nitrogens with zero attached hydrogens (tertiary/aromatic N) is 1. The third kappa shape index (κ3) is 3.38. The van der Waals surface area contributed by atoms with Crippen molar-refractivity contribution in [2.45, 2.75) is 51.1 Å². The molecular formula is C19H25N3O3. The maximum atomic E-state index is 12.8. The number of carbonyl (C=O) groups excluding carboxylic acids is 3. The first-order valence-corrected chi connectivity index (χ1v) is 8.91. The lowest BCUT2D eigenvalue weighted by Gasteiger charge is -2.30. The van der Waals surface area contributed by atoms with Gasteiger partial charge in [-0.25, -0.2) is 4.79 Å². The summed E-state index contributed by atoms with van der Waals surface area (Å²) >= 11 is 0. The zero-order chi connectivity index (χ0) is 18.0. The van der Waals surface area contributed by atoms with E-state index >= 15 is 0 Å². The largest absolute Gasteiger partial charge is 0.352 e. The highest BCUT2D eigenvalue weighted by atomic mass is 16.2. The Hall–Kier alpha value is -2.37. The van der Waals surface area contributed by atoms with Gasteiger partial charge in [0, 0.05) is 6.04 Å². The van der Waals surface area contributed by atoms with E-state index in [9.17, 15) is 14.4 Å². The van der Waals surface area contributed by atoms with Gasteiger partial charge in [0.15, 0.2) is 0 Å². The van der Waals surface area contributed by atoms with E-state index in [4.69, 9.17) is 0 Å². The molecule has 1 saturated heterocycles. The summed E-state index contributed by atoms with van der Waals surface area (Å²) in [6, 6.07) is 8.69. The van der Waals surface area contributed by atoms with Crippen LogP contribution in [0.15, 0.2) is 30.3 Å². The summed E-state index contributed by atoms with van der Waals surface area (Å²) in [5, 5.41) is 5.71. The molecule has 1 aromatic rings. The molecule has 0 unspecified atom stereocenters. The van der Waals surface area contributed by atoms with E-state index in [0.29, 0.717) is 11.5 Å². The summed E-state index contributed by atoms with van der Waals surface area (Å²) in [6.07, 6.45) is 4.34. The van der Waals surface area contributed by atoms with Gasteiger partial charge in [-0.15, -0.1) is 0 Å². The number of hydrogen-bond donors (Lipinski definition) is 2. The van der Waals surface area contributed by atoms with Crippen LogP contribution in [0.2, 0.25) is 0 Å². The molecule has 0 radical (unpaired) electrons. The van der Waals surface area contributed by atoms with Crippen molar-refractivity contribution in [2.24, 2.45) is 5.92 Å². The monoisotopic (exact) mass is 343 g/mol. The van der Waals surface area contributed by atoms with Crippen molar-refractivity contribution in [1.82, 2.24) is 15.5 Å². The summed E-state index contributed by atoms with van der Waals surface area (Å²) in [6.45, 7) is 3.56. The number of hydrogen-bond acceptors (Lipinski definition) is 3. The first-order chi connectivity index (χ1) is 11.9. The van der Waals surface area contributed by atoms with E-state index < -0.39 is 17.5 Å². The van der Waals surface area contributed by atoms with Crippen molar-refractivity contribution in [3.63, 3.8) is 0 Å². The molecule has 4 amide bonds. The minimum atomic E-state index is -1.13. The number of rotatable bonds is 4. The van der Waals surface area contributed by atoms with Gasteiger partial charge < -0.3 is 10.6 Å². The van der Waals surface area contributed by atoms with Crippen LogP contribution in [0, 0.1) is 5.92 Å². The van der Waals surface area contributed by atoms with Gasteiger partial charge in [0.05, 0.1) is 0 Å². The molecule has 2 aliphatic rings. The molecule has 1 heterocycles. The van der Waals surface area contributed by atoms with Crippen molar-refractivity contribution in [3.8, 4) is 0 Å². The minimum Gasteiger partial charge on any atom is -0.352 e. The minimum absolute atomic E-state index is 0.127. The lowest BCUT2D eigenvalue weighted by Crippen LogP contribution is -2.47.